The molecule has 3 rings (SSSR count). The Kier molecular flexibility index (Phi) is 5.89. The predicted octanol–water partition coefficient (Wildman–Crippen LogP) is 4.96. The Morgan fingerprint density at radius 1 is 0.931 bits per heavy atom. The first kappa shape index (κ1) is 20.4. The number of aryl methyl sites for hydroxylation is 2. The van der Waals surface area contributed by atoms with Crippen LogP contribution in [0.4, 0.5) is 11.4 Å². The minimum atomic E-state index is -3.92. The number of carbonyl (C=O) groups excluding carboxylic acids is 1. The van der Waals surface area contributed by atoms with Crippen molar-refractivity contribution in [1.82, 2.24) is 0 Å². The van der Waals surface area contributed by atoms with Crippen LogP contribution in [0.3, 0.4) is 0 Å². The third-order valence-corrected chi connectivity index (χ3v) is 5.87. The van der Waals surface area contributed by atoms with Crippen molar-refractivity contribution in [2.24, 2.45) is 0 Å². The van der Waals surface area contributed by atoms with Crippen LogP contribution in [0.25, 0.3) is 4.72 Å². The number of nitrogens with zero attached hydrogens (tertiary/aromatic N) is 1. The highest BCUT2D eigenvalue weighted by Gasteiger charge is 2.13. The molecule has 0 bridgehead atoms. The van der Waals surface area contributed by atoms with Crippen molar-refractivity contribution in [3.8, 4) is 5.75 Å². The topological polar surface area (TPSA) is 86.6 Å². The number of sulfonamides is 1. The van der Waals surface area contributed by atoms with Crippen molar-refractivity contribution in [3.63, 3.8) is 0 Å². The van der Waals surface area contributed by atoms with Gasteiger partial charge < -0.3 is 14.8 Å². The van der Waals surface area contributed by atoms with Crippen LogP contribution >= 0.6 is 0 Å². The van der Waals surface area contributed by atoms with Gasteiger partial charge in [-0.15, -0.1) is 5.69 Å². The summed E-state index contributed by atoms with van der Waals surface area (Å²) in [5.41, 5.74) is 2.76. The fourth-order valence-electron chi connectivity index (χ4n) is 2.82. The highest BCUT2D eigenvalue weighted by atomic mass is 32.2. The van der Waals surface area contributed by atoms with E-state index in [1.807, 2.05) is 31.2 Å². The Hall–Kier alpha value is -3.32. The van der Waals surface area contributed by atoms with Gasteiger partial charge in [-0.1, -0.05) is 30.3 Å². The Balaban J connectivity index is 1.80. The summed E-state index contributed by atoms with van der Waals surface area (Å²) in [5, 5.41) is 2.84. The lowest BCUT2D eigenvalue weighted by molar-refractivity contribution is 0.102. The number of hydrogen-bond acceptors (Lipinski definition) is 4. The van der Waals surface area contributed by atoms with Gasteiger partial charge in [0.05, 0.1) is 12.0 Å². The number of benzene rings is 3. The number of carbonyl (C=O) groups is 1. The molecule has 29 heavy (non-hydrogen) atoms. The van der Waals surface area contributed by atoms with Gasteiger partial charge >= 0.3 is 0 Å². The minimum Gasteiger partial charge on any atom is -0.573 e. The van der Waals surface area contributed by atoms with E-state index in [4.69, 9.17) is 4.74 Å². The third kappa shape index (κ3) is 4.75. The van der Waals surface area contributed by atoms with Gasteiger partial charge in [0.2, 0.25) is 0 Å². The molecule has 0 saturated heterocycles. The maximum atomic E-state index is 12.7. The quantitative estimate of drug-likeness (QED) is 0.623. The van der Waals surface area contributed by atoms with Crippen LogP contribution in [0.2, 0.25) is 0 Å². The van der Waals surface area contributed by atoms with Crippen LogP contribution < -0.4 is 10.1 Å². The number of anilines is 1. The van der Waals surface area contributed by atoms with E-state index in [9.17, 15) is 13.2 Å². The highest BCUT2D eigenvalue weighted by molar-refractivity contribution is 7.94. The van der Waals surface area contributed by atoms with Gasteiger partial charge in [0.15, 0.2) is 0 Å². The maximum absolute atomic E-state index is 12.7. The number of hydrogen-bond donors (Lipinski definition) is 1. The Morgan fingerprint density at radius 3 is 2.24 bits per heavy atom. The van der Waals surface area contributed by atoms with Crippen molar-refractivity contribution in [3.05, 3.63) is 88.1 Å². The molecule has 0 aliphatic rings. The molecule has 3 aromatic carbocycles. The second kappa shape index (κ2) is 8.36. The Morgan fingerprint density at radius 2 is 1.62 bits per heavy atom. The summed E-state index contributed by atoms with van der Waals surface area (Å²) in [6.45, 7) is 3.54. The zero-order chi connectivity index (χ0) is 21.0. The standard InChI is InChI=1S/C22H21N2O4S/c1-15-6-4-5-7-20(15)23-22(25)17-8-13-21(16(2)14-17)29(26,27)24-18-9-11-19(28-3)12-10-18/h4-14H,1-3H3,(H,23,25)/q-1. The summed E-state index contributed by atoms with van der Waals surface area (Å²) in [6, 6.07) is 18.3. The molecule has 0 atom stereocenters. The smallest absolute Gasteiger partial charge is 0.255 e. The van der Waals surface area contributed by atoms with E-state index in [0.29, 0.717) is 28.3 Å². The summed E-state index contributed by atoms with van der Waals surface area (Å²) < 4.78 is 34.3. The van der Waals surface area contributed by atoms with Gasteiger partial charge in [-0.3, -0.25) is 4.79 Å². The van der Waals surface area contributed by atoms with Crippen molar-refractivity contribution in [1.29, 1.82) is 0 Å². The van der Waals surface area contributed by atoms with Crippen LogP contribution in [0.1, 0.15) is 21.5 Å². The van der Waals surface area contributed by atoms with Crippen LogP contribution in [0, 0.1) is 13.8 Å². The number of methoxy groups -OCH3 is 1. The molecular formula is C22H21N2O4S-. The van der Waals surface area contributed by atoms with Gasteiger partial charge in [-0.05, 0) is 61.4 Å². The molecule has 6 nitrogen and oxygen atoms in total. The molecule has 0 fully saturated rings. The van der Waals surface area contributed by atoms with Gasteiger partial charge in [-0.2, -0.15) is 0 Å². The lowest BCUT2D eigenvalue weighted by Crippen LogP contribution is -2.13. The predicted molar refractivity (Wildman–Crippen MR) is 114 cm³/mol. The first-order chi connectivity index (χ1) is 13.8. The van der Waals surface area contributed by atoms with Gasteiger partial charge in [-0.25, -0.2) is 8.42 Å². The molecule has 0 spiro atoms. The molecule has 150 valence electrons. The Bertz CT molecular complexity index is 1140. The van der Waals surface area contributed by atoms with E-state index < -0.39 is 10.0 Å². The fourth-order valence-corrected chi connectivity index (χ4v) is 4.02. The van der Waals surface area contributed by atoms with Crippen molar-refractivity contribution in [2.45, 2.75) is 18.7 Å². The van der Waals surface area contributed by atoms with Gasteiger partial charge in [0.25, 0.3) is 5.91 Å². The average molecular weight is 409 g/mol. The molecule has 7 heteroatoms. The van der Waals surface area contributed by atoms with Crippen LogP contribution in [0.15, 0.2) is 71.6 Å². The number of para-hydroxylation sites is 1. The second-order valence-corrected chi connectivity index (χ2v) is 8.09. The average Bonchev–Trinajstić information content (AvgIpc) is 2.69. The van der Waals surface area contributed by atoms with Crippen LogP contribution in [-0.2, 0) is 10.0 Å². The molecule has 1 N–H and O–H groups in total. The number of amides is 1. The first-order valence-electron chi connectivity index (χ1n) is 8.90. The molecule has 1 amide bonds. The minimum absolute atomic E-state index is 0.0563. The van der Waals surface area contributed by atoms with Crippen LogP contribution in [0.5, 0.6) is 5.75 Å². The SMILES string of the molecule is COc1ccc([N-]S(=O)(=O)c2ccc(C(=O)Nc3ccccc3C)cc2C)cc1. The molecule has 0 aromatic heterocycles. The molecule has 0 aliphatic heterocycles. The molecular weight excluding hydrogens is 388 g/mol. The summed E-state index contributed by atoms with van der Waals surface area (Å²) in [4.78, 5) is 12.6. The molecule has 0 radical (unpaired) electrons. The first-order valence-corrected chi connectivity index (χ1v) is 10.3. The van der Waals surface area contributed by atoms with Crippen LogP contribution in [-0.4, -0.2) is 21.4 Å². The van der Waals surface area contributed by atoms with E-state index in [0.717, 1.165) is 5.56 Å². The normalized spacial score (nSPS) is 11.0. The molecule has 0 heterocycles. The summed E-state index contributed by atoms with van der Waals surface area (Å²) >= 11 is 0. The fraction of sp³-hybridized carbons (Fsp3) is 0.136. The number of nitrogens with one attached hydrogen (secondary N) is 1. The summed E-state index contributed by atoms with van der Waals surface area (Å²) in [5.74, 6) is 0.306. The highest BCUT2D eigenvalue weighted by Crippen LogP contribution is 2.31. The molecule has 0 unspecified atom stereocenters. The lowest BCUT2D eigenvalue weighted by Gasteiger charge is -2.23. The number of ether oxygens (including phenoxy) is 1. The van der Waals surface area contributed by atoms with E-state index in [1.54, 1.807) is 37.3 Å². The molecule has 0 saturated carbocycles. The monoisotopic (exact) mass is 409 g/mol. The molecule has 3 aromatic rings. The van der Waals surface area contributed by atoms with Crippen molar-refractivity contribution >= 4 is 27.3 Å². The van der Waals surface area contributed by atoms with E-state index in [-0.39, 0.29) is 10.8 Å². The zero-order valence-corrected chi connectivity index (χ0v) is 17.2. The second-order valence-electron chi connectivity index (χ2n) is 6.51. The Labute approximate surface area is 170 Å². The number of rotatable bonds is 6. The van der Waals surface area contributed by atoms with E-state index in [2.05, 4.69) is 10.0 Å². The van der Waals surface area contributed by atoms with E-state index in [1.165, 1.54) is 19.2 Å². The third-order valence-electron chi connectivity index (χ3n) is 4.41. The summed E-state index contributed by atoms with van der Waals surface area (Å²) in [6.07, 6.45) is 0. The summed E-state index contributed by atoms with van der Waals surface area (Å²) in [7, 11) is -2.39. The van der Waals surface area contributed by atoms with Gasteiger partial charge in [0.1, 0.15) is 15.8 Å². The van der Waals surface area contributed by atoms with Crippen molar-refractivity contribution < 1.29 is 17.9 Å². The molecule has 0 aliphatic carbocycles. The van der Waals surface area contributed by atoms with E-state index >= 15 is 0 Å². The zero-order valence-electron chi connectivity index (χ0n) is 16.3. The maximum Gasteiger partial charge on any atom is 0.255 e. The largest absolute Gasteiger partial charge is 0.573 e. The van der Waals surface area contributed by atoms with Crippen molar-refractivity contribution in [2.75, 3.05) is 12.4 Å². The van der Waals surface area contributed by atoms with Gasteiger partial charge in [0, 0.05) is 11.3 Å². The lowest BCUT2D eigenvalue weighted by atomic mass is 10.1.